The molecule has 0 bridgehead atoms. The predicted octanol–water partition coefficient (Wildman–Crippen LogP) is 0.248. The SMILES string of the molecule is CN1[CH]CNCC1Cl. The van der Waals surface area contributed by atoms with E-state index >= 15 is 0 Å². The minimum absolute atomic E-state index is 0.142. The second-order valence-electron chi connectivity index (χ2n) is 1.94. The minimum Gasteiger partial charge on any atom is -0.312 e. The molecule has 1 radical (unpaired) electrons. The average molecular weight is 134 g/mol. The highest BCUT2D eigenvalue weighted by Gasteiger charge is 2.14. The maximum atomic E-state index is 5.80. The van der Waals surface area contributed by atoms with Crippen LogP contribution in [0, 0.1) is 6.54 Å². The summed E-state index contributed by atoms with van der Waals surface area (Å²) in [6.45, 7) is 3.87. The van der Waals surface area contributed by atoms with E-state index in [0.29, 0.717) is 0 Å². The van der Waals surface area contributed by atoms with Gasteiger partial charge in [-0.3, -0.25) is 4.90 Å². The summed E-state index contributed by atoms with van der Waals surface area (Å²) in [5.74, 6) is 0. The van der Waals surface area contributed by atoms with Gasteiger partial charge in [-0.2, -0.15) is 0 Å². The minimum atomic E-state index is 0.142. The molecular weight excluding hydrogens is 124 g/mol. The van der Waals surface area contributed by atoms with Crippen molar-refractivity contribution in [3.8, 4) is 0 Å². The van der Waals surface area contributed by atoms with Gasteiger partial charge in [0.05, 0.1) is 5.50 Å². The zero-order valence-corrected chi connectivity index (χ0v) is 5.65. The third-order valence-electron chi connectivity index (χ3n) is 1.28. The first-order chi connectivity index (χ1) is 3.80. The third kappa shape index (κ3) is 1.34. The van der Waals surface area contributed by atoms with Crippen molar-refractivity contribution in [2.45, 2.75) is 5.50 Å². The van der Waals surface area contributed by atoms with Gasteiger partial charge in [-0.25, -0.2) is 0 Å². The van der Waals surface area contributed by atoms with E-state index in [9.17, 15) is 0 Å². The Balaban J connectivity index is 2.28. The van der Waals surface area contributed by atoms with Gasteiger partial charge in [0.1, 0.15) is 0 Å². The standard InChI is InChI=1S/C5H10ClN2/c1-8-3-2-7-4-5(8)6/h3,5,7H,2,4H2,1H3. The van der Waals surface area contributed by atoms with Gasteiger partial charge in [0.15, 0.2) is 0 Å². The van der Waals surface area contributed by atoms with Gasteiger partial charge in [-0.05, 0) is 7.05 Å². The van der Waals surface area contributed by atoms with Gasteiger partial charge in [0.25, 0.3) is 0 Å². The van der Waals surface area contributed by atoms with Crippen molar-refractivity contribution in [3.05, 3.63) is 6.54 Å². The number of nitrogens with one attached hydrogen (secondary N) is 1. The van der Waals surface area contributed by atoms with Crippen LogP contribution in [0.5, 0.6) is 0 Å². The molecule has 1 saturated heterocycles. The van der Waals surface area contributed by atoms with Crippen molar-refractivity contribution in [1.82, 2.24) is 10.2 Å². The fourth-order valence-electron chi connectivity index (χ4n) is 0.669. The quantitative estimate of drug-likeness (QED) is 0.377. The van der Waals surface area contributed by atoms with Gasteiger partial charge < -0.3 is 5.32 Å². The summed E-state index contributed by atoms with van der Waals surface area (Å²) in [7, 11) is 1.98. The Hall–Kier alpha value is 0.210. The largest absolute Gasteiger partial charge is 0.312 e. The number of piperazine rings is 1. The van der Waals surface area contributed by atoms with Crippen LogP contribution in [-0.4, -0.2) is 30.5 Å². The molecule has 1 fully saturated rings. The van der Waals surface area contributed by atoms with Gasteiger partial charge in [-0.1, -0.05) is 0 Å². The lowest BCUT2D eigenvalue weighted by atomic mass is 10.4. The van der Waals surface area contributed by atoms with Crippen LogP contribution in [-0.2, 0) is 0 Å². The Kier molecular flexibility index (Phi) is 2.11. The maximum Gasteiger partial charge on any atom is 0.0977 e. The van der Waals surface area contributed by atoms with E-state index in [1.807, 2.05) is 18.5 Å². The second-order valence-corrected chi connectivity index (χ2v) is 2.44. The molecule has 0 aromatic carbocycles. The number of likely N-dealkylation sites (N-methyl/N-ethyl adjacent to an activating group) is 1. The van der Waals surface area contributed by atoms with Crippen LogP contribution < -0.4 is 5.32 Å². The lowest BCUT2D eigenvalue weighted by Gasteiger charge is -2.27. The van der Waals surface area contributed by atoms with Crippen molar-refractivity contribution in [2.75, 3.05) is 20.1 Å². The summed E-state index contributed by atoms with van der Waals surface area (Å²) in [6, 6.07) is 0. The number of hydrogen-bond donors (Lipinski definition) is 1. The number of hydrogen-bond acceptors (Lipinski definition) is 2. The Bertz CT molecular complexity index is 66.8. The molecule has 0 amide bonds. The summed E-state index contributed by atoms with van der Waals surface area (Å²) in [6.07, 6.45) is 0. The highest BCUT2D eigenvalue weighted by atomic mass is 35.5. The van der Waals surface area contributed by atoms with Crippen LogP contribution in [0.25, 0.3) is 0 Å². The molecule has 1 rings (SSSR count). The van der Waals surface area contributed by atoms with E-state index in [-0.39, 0.29) is 5.50 Å². The highest BCUT2D eigenvalue weighted by molar-refractivity contribution is 6.20. The summed E-state index contributed by atoms with van der Waals surface area (Å²) >= 11 is 5.80. The highest BCUT2D eigenvalue weighted by Crippen LogP contribution is 2.05. The molecule has 0 spiro atoms. The van der Waals surface area contributed by atoms with E-state index in [4.69, 9.17) is 11.6 Å². The van der Waals surface area contributed by atoms with Crippen LogP contribution in [0.2, 0.25) is 0 Å². The molecule has 2 nitrogen and oxygen atoms in total. The molecule has 1 aliphatic heterocycles. The average Bonchev–Trinajstić information content (AvgIpc) is 1.77. The first kappa shape index (κ1) is 6.33. The van der Waals surface area contributed by atoms with Crippen LogP contribution in [0.3, 0.4) is 0 Å². The molecule has 8 heavy (non-hydrogen) atoms. The first-order valence-electron chi connectivity index (χ1n) is 2.71. The molecule has 0 aromatic heterocycles. The number of nitrogens with zero attached hydrogens (tertiary/aromatic N) is 1. The summed E-state index contributed by atoms with van der Waals surface area (Å²) in [5, 5.41) is 3.14. The zero-order chi connectivity index (χ0) is 5.98. The van der Waals surface area contributed by atoms with Crippen molar-refractivity contribution >= 4 is 11.6 Å². The van der Waals surface area contributed by atoms with Crippen LogP contribution >= 0.6 is 11.6 Å². The molecule has 1 N–H and O–H groups in total. The molecule has 3 heteroatoms. The Labute approximate surface area is 54.8 Å². The zero-order valence-electron chi connectivity index (χ0n) is 4.89. The maximum absolute atomic E-state index is 5.80. The lowest BCUT2D eigenvalue weighted by molar-refractivity contribution is 0.315. The smallest absolute Gasteiger partial charge is 0.0977 e. The monoisotopic (exact) mass is 133 g/mol. The van der Waals surface area contributed by atoms with Crippen molar-refractivity contribution < 1.29 is 0 Å². The molecule has 1 heterocycles. The van der Waals surface area contributed by atoms with Crippen molar-refractivity contribution in [3.63, 3.8) is 0 Å². The Morgan fingerprint density at radius 3 is 3.00 bits per heavy atom. The topological polar surface area (TPSA) is 15.3 Å². The van der Waals surface area contributed by atoms with E-state index in [2.05, 4.69) is 5.32 Å². The fourth-order valence-corrected chi connectivity index (χ4v) is 0.858. The number of rotatable bonds is 0. The third-order valence-corrected chi connectivity index (χ3v) is 1.74. The van der Waals surface area contributed by atoms with E-state index in [0.717, 1.165) is 13.1 Å². The van der Waals surface area contributed by atoms with Gasteiger partial charge in [-0.15, -0.1) is 11.6 Å². The normalized spacial score (nSPS) is 33.0. The van der Waals surface area contributed by atoms with Gasteiger partial charge in [0, 0.05) is 19.6 Å². The summed E-state index contributed by atoms with van der Waals surface area (Å²) < 4.78 is 0. The predicted molar refractivity (Wildman–Crippen MR) is 34.6 cm³/mol. The summed E-state index contributed by atoms with van der Waals surface area (Å²) in [4.78, 5) is 2.01. The molecule has 0 aromatic rings. The number of alkyl halides is 1. The molecule has 1 unspecified atom stereocenters. The molecule has 0 saturated carbocycles. The van der Waals surface area contributed by atoms with E-state index < -0.39 is 0 Å². The molecule has 47 valence electrons. The Morgan fingerprint density at radius 2 is 2.62 bits per heavy atom. The van der Waals surface area contributed by atoms with Crippen molar-refractivity contribution in [1.29, 1.82) is 0 Å². The molecule has 1 aliphatic rings. The van der Waals surface area contributed by atoms with Gasteiger partial charge >= 0.3 is 0 Å². The van der Waals surface area contributed by atoms with Crippen LogP contribution in [0.15, 0.2) is 0 Å². The fraction of sp³-hybridized carbons (Fsp3) is 0.800. The summed E-state index contributed by atoms with van der Waals surface area (Å²) in [5.41, 5.74) is 0.142. The second kappa shape index (κ2) is 2.67. The first-order valence-corrected chi connectivity index (χ1v) is 3.14. The lowest BCUT2D eigenvalue weighted by Crippen LogP contribution is -2.43. The molecule has 1 atom stereocenters. The van der Waals surface area contributed by atoms with Crippen molar-refractivity contribution in [2.24, 2.45) is 0 Å². The molecular formula is C5H10ClN2. The molecule has 0 aliphatic carbocycles. The van der Waals surface area contributed by atoms with E-state index in [1.54, 1.807) is 0 Å². The number of halogens is 1. The van der Waals surface area contributed by atoms with E-state index in [1.165, 1.54) is 0 Å². The van der Waals surface area contributed by atoms with Gasteiger partial charge in [0.2, 0.25) is 0 Å². The van der Waals surface area contributed by atoms with Crippen LogP contribution in [0.1, 0.15) is 0 Å². The van der Waals surface area contributed by atoms with Crippen LogP contribution in [0.4, 0.5) is 0 Å². The Morgan fingerprint density at radius 1 is 1.88 bits per heavy atom.